The van der Waals surface area contributed by atoms with E-state index in [1.165, 1.54) is 52.5 Å². The molecular weight excluding hydrogens is 829 g/mol. The van der Waals surface area contributed by atoms with Crippen LogP contribution in [0.25, 0.3) is 113 Å². The maximum Gasteiger partial charge on any atom is 0.161 e. The van der Waals surface area contributed by atoms with Crippen molar-refractivity contribution < 1.29 is 8.83 Å². The molecule has 308 valence electrons. The molecule has 0 saturated carbocycles. The Bertz CT molecular complexity index is 4370. The fourth-order valence-electron chi connectivity index (χ4n) is 10.6. The minimum absolute atomic E-state index is 0.565. The number of aliphatic imine (C=N–C) groups is 2. The summed E-state index contributed by atoms with van der Waals surface area (Å²) in [5, 5.41) is 17.6. The van der Waals surface area contributed by atoms with Crippen molar-refractivity contribution in [2.45, 2.75) is 6.17 Å². The molecule has 0 aliphatic carbocycles. The quantitative estimate of drug-likeness (QED) is 0.192. The van der Waals surface area contributed by atoms with Crippen LogP contribution >= 0.6 is 11.3 Å². The van der Waals surface area contributed by atoms with E-state index < -0.39 is 6.17 Å². The number of benzene rings is 10. The van der Waals surface area contributed by atoms with E-state index >= 15 is 0 Å². The van der Waals surface area contributed by atoms with Crippen molar-refractivity contribution >= 4 is 130 Å². The third-order valence-electron chi connectivity index (χ3n) is 13.6. The van der Waals surface area contributed by atoms with Crippen LogP contribution in [0.3, 0.4) is 0 Å². The highest BCUT2D eigenvalue weighted by molar-refractivity contribution is 7.25. The molecule has 4 aromatic heterocycles. The Labute approximate surface area is 379 Å². The zero-order chi connectivity index (χ0) is 43.0. The van der Waals surface area contributed by atoms with E-state index in [1.54, 1.807) is 0 Å². The van der Waals surface area contributed by atoms with Gasteiger partial charge >= 0.3 is 0 Å². The Morgan fingerprint density at radius 1 is 0.439 bits per heavy atom. The van der Waals surface area contributed by atoms with Gasteiger partial charge in [-0.2, -0.15) is 0 Å². The second kappa shape index (κ2) is 13.5. The summed E-state index contributed by atoms with van der Waals surface area (Å²) in [6.45, 7) is 0. The summed E-state index contributed by atoms with van der Waals surface area (Å²) in [6.07, 6.45) is -0.565. The van der Waals surface area contributed by atoms with Crippen molar-refractivity contribution in [2.75, 3.05) is 0 Å². The fraction of sp³-hybridized carbons (Fsp3) is 0.0169. The topological polar surface area (TPSA) is 68.0 Å². The molecule has 66 heavy (non-hydrogen) atoms. The first-order valence-corrected chi connectivity index (χ1v) is 23.1. The second-order valence-corrected chi connectivity index (χ2v) is 18.4. The van der Waals surface area contributed by atoms with Gasteiger partial charge in [0.25, 0.3) is 0 Å². The van der Waals surface area contributed by atoms with Crippen molar-refractivity contribution in [1.82, 2.24) is 9.88 Å². The van der Waals surface area contributed by atoms with Crippen LogP contribution in [0.5, 0.6) is 0 Å². The van der Waals surface area contributed by atoms with E-state index in [1.807, 2.05) is 35.6 Å². The third-order valence-corrected chi connectivity index (χ3v) is 14.7. The molecule has 0 bridgehead atoms. The van der Waals surface area contributed by atoms with Gasteiger partial charge in [0.05, 0.1) is 22.3 Å². The Balaban J connectivity index is 1.07. The maximum absolute atomic E-state index is 6.70. The van der Waals surface area contributed by atoms with Crippen LogP contribution in [-0.2, 0) is 0 Å². The molecule has 10 aromatic carbocycles. The summed E-state index contributed by atoms with van der Waals surface area (Å²) in [5.41, 5.74) is 9.18. The summed E-state index contributed by atoms with van der Waals surface area (Å²) in [4.78, 5) is 11.3. The highest BCUT2D eigenvalue weighted by Gasteiger charge is 2.29. The first-order valence-electron chi connectivity index (χ1n) is 22.2. The average Bonchev–Trinajstić information content (AvgIpc) is 4.13. The normalized spacial score (nSPS) is 14.5. The van der Waals surface area contributed by atoms with E-state index in [0.29, 0.717) is 11.7 Å². The lowest BCUT2D eigenvalue weighted by molar-refractivity contribution is 0.627. The predicted octanol–water partition coefficient (Wildman–Crippen LogP) is 15.8. The van der Waals surface area contributed by atoms with Crippen LogP contribution in [0.15, 0.2) is 213 Å². The molecule has 5 heterocycles. The number of furan rings is 2. The van der Waals surface area contributed by atoms with Gasteiger partial charge in [-0.05, 0) is 82.2 Å². The molecule has 0 radical (unpaired) electrons. The van der Waals surface area contributed by atoms with E-state index in [0.717, 1.165) is 77.3 Å². The van der Waals surface area contributed by atoms with Gasteiger partial charge < -0.3 is 18.7 Å². The lowest BCUT2D eigenvalue weighted by Gasteiger charge is -2.25. The van der Waals surface area contributed by atoms with Gasteiger partial charge in [-0.1, -0.05) is 133 Å². The van der Waals surface area contributed by atoms with Crippen molar-refractivity contribution in [3.05, 3.63) is 211 Å². The number of hydrogen-bond acceptors (Lipinski definition) is 6. The number of thiophene rings is 1. The van der Waals surface area contributed by atoms with Crippen LogP contribution < -0.4 is 5.32 Å². The largest absolute Gasteiger partial charge is 0.456 e. The zero-order valence-corrected chi connectivity index (χ0v) is 35.9. The summed E-state index contributed by atoms with van der Waals surface area (Å²) < 4.78 is 18.3. The lowest BCUT2D eigenvalue weighted by atomic mass is 10.0. The van der Waals surface area contributed by atoms with Crippen molar-refractivity contribution in [1.29, 1.82) is 0 Å². The van der Waals surface area contributed by atoms with Crippen LogP contribution in [0, 0.1) is 0 Å². The first kappa shape index (κ1) is 35.9. The van der Waals surface area contributed by atoms with Gasteiger partial charge in [-0.25, -0.2) is 9.98 Å². The van der Waals surface area contributed by atoms with Gasteiger partial charge in [0.2, 0.25) is 0 Å². The molecule has 0 unspecified atom stereocenters. The van der Waals surface area contributed by atoms with Crippen molar-refractivity contribution in [2.24, 2.45) is 9.98 Å². The van der Waals surface area contributed by atoms with Gasteiger partial charge in [-0.15, -0.1) is 11.3 Å². The number of aromatic nitrogens is 1. The molecule has 0 spiro atoms. The van der Waals surface area contributed by atoms with Crippen LogP contribution in [-0.4, -0.2) is 16.2 Å². The van der Waals surface area contributed by atoms with E-state index in [4.69, 9.17) is 18.8 Å². The predicted molar refractivity (Wildman–Crippen MR) is 275 cm³/mol. The Morgan fingerprint density at radius 2 is 1.00 bits per heavy atom. The monoisotopic (exact) mass is 862 g/mol. The molecule has 0 amide bonds. The second-order valence-electron chi connectivity index (χ2n) is 17.3. The number of rotatable bonds is 4. The number of fused-ring (bicyclic) bond motifs is 14. The zero-order valence-electron chi connectivity index (χ0n) is 35.1. The number of hydrogen-bond donors (Lipinski definition) is 1. The number of para-hydroxylation sites is 4. The minimum atomic E-state index is -0.565. The lowest BCUT2D eigenvalue weighted by Crippen LogP contribution is -2.34. The molecule has 0 fully saturated rings. The maximum atomic E-state index is 6.70. The third kappa shape index (κ3) is 5.17. The molecule has 1 aliphatic rings. The number of nitrogens with one attached hydrogen (secondary N) is 1. The molecule has 1 N–H and O–H groups in total. The van der Waals surface area contributed by atoms with Gasteiger partial charge in [0.15, 0.2) is 12.0 Å². The molecule has 1 aliphatic heterocycles. The summed E-state index contributed by atoms with van der Waals surface area (Å²) in [7, 11) is 0. The smallest absolute Gasteiger partial charge is 0.161 e. The van der Waals surface area contributed by atoms with Gasteiger partial charge in [-0.3, -0.25) is 0 Å². The average molecular weight is 863 g/mol. The molecule has 1 atom stereocenters. The Morgan fingerprint density at radius 3 is 1.70 bits per heavy atom. The molecular formula is C59H34N4O2S. The van der Waals surface area contributed by atoms with Crippen LogP contribution in [0.4, 0.5) is 0 Å². The number of amidine groups is 2. The molecule has 15 rings (SSSR count). The Hall–Kier alpha value is -8.52. The fourth-order valence-corrected chi connectivity index (χ4v) is 11.7. The van der Waals surface area contributed by atoms with Crippen molar-refractivity contribution in [3.63, 3.8) is 0 Å². The number of nitrogens with zero attached hydrogens (tertiary/aromatic N) is 3. The standard InChI is InChI=1S/C59H34N4O2S/c1-3-15-35-29-48-44(27-33(35)13-1)45-28-34-14-2-4-16-36(34)30-49(45)63(48)50-32-54-46(39-19-7-10-26-53(39)66-54)31-47(50)59-61-57(42-22-11-20-40-37-17-5-8-24-51(37)64-55(40)42)60-58(62-59)43-23-12-21-41-38-18-6-9-25-52(38)65-56(41)43/h1-32,57H,(H,60,61,62)/t57-/m0/s1. The van der Waals surface area contributed by atoms with Crippen molar-refractivity contribution in [3.8, 4) is 5.69 Å². The van der Waals surface area contributed by atoms with E-state index in [-0.39, 0.29) is 0 Å². The highest BCUT2D eigenvalue weighted by Crippen LogP contribution is 2.43. The van der Waals surface area contributed by atoms with E-state index in [2.05, 4.69) is 180 Å². The van der Waals surface area contributed by atoms with Crippen LogP contribution in [0.1, 0.15) is 22.9 Å². The highest BCUT2D eigenvalue weighted by atomic mass is 32.1. The van der Waals surface area contributed by atoms with Gasteiger partial charge in [0.1, 0.15) is 28.2 Å². The molecule has 14 aromatic rings. The molecule has 0 saturated heterocycles. The molecule has 7 heteroatoms. The van der Waals surface area contributed by atoms with Gasteiger partial charge in [0, 0.05) is 63.6 Å². The summed E-state index contributed by atoms with van der Waals surface area (Å²) in [6, 6.07) is 69.2. The summed E-state index contributed by atoms with van der Waals surface area (Å²) in [5.74, 6) is 1.28. The first-order chi connectivity index (χ1) is 32.7. The minimum Gasteiger partial charge on any atom is -0.456 e. The Kier molecular flexibility index (Phi) is 7.34. The SMILES string of the molecule is c1ccc2cc3c(cc2c1)c1cc2ccccc2cc1n3-c1cc2sc3ccccc3c2cc1C1=N[C@@H](c2cccc3c2oc2ccccc23)NC(c2cccc3c2oc2ccccc23)=N1. The summed E-state index contributed by atoms with van der Waals surface area (Å²) >= 11 is 1.82. The van der Waals surface area contributed by atoms with Crippen LogP contribution in [0.2, 0.25) is 0 Å². The van der Waals surface area contributed by atoms with E-state index in [9.17, 15) is 0 Å². The molecule has 6 nitrogen and oxygen atoms in total.